The molecule has 0 unspecified atom stereocenters. The predicted octanol–water partition coefficient (Wildman–Crippen LogP) is 2.16. The summed E-state index contributed by atoms with van der Waals surface area (Å²) in [7, 11) is -1.70. The third-order valence-electron chi connectivity index (χ3n) is 2.55. The number of aryl methyl sites for hydroxylation is 1. The number of nitrogens with zero attached hydrogens (tertiary/aromatic N) is 2. The van der Waals surface area contributed by atoms with Gasteiger partial charge in [0, 0.05) is 35.8 Å². The van der Waals surface area contributed by atoms with Crippen LogP contribution in [0, 0.1) is 0 Å². The fraction of sp³-hybridized carbons (Fsp3) is 0.154. The van der Waals surface area contributed by atoms with Gasteiger partial charge < -0.3 is 0 Å². The fourth-order valence-corrected chi connectivity index (χ4v) is 2.46. The molecule has 2 rings (SSSR count). The van der Waals surface area contributed by atoms with Crippen molar-refractivity contribution >= 4 is 27.7 Å². The number of hydrogen-bond donors (Lipinski definition) is 1. The third-order valence-corrected chi connectivity index (χ3v) is 3.84. The van der Waals surface area contributed by atoms with Crippen LogP contribution >= 0.6 is 11.6 Å². The number of nitrogens with one attached hydrogen (secondary N) is 1. The lowest BCUT2D eigenvalue weighted by Crippen LogP contribution is -2.20. The first-order valence-electron chi connectivity index (χ1n) is 5.85. The van der Waals surface area contributed by atoms with E-state index >= 15 is 0 Å². The minimum Gasteiger partial charge on any atom is -0.275 e. The molecule has 1 aromatic carbocycles. The van der Waals surface area contributed by atoms with Gasteiger partial charge in [0.1, 0.15) is 0 Å². The second-order valence-electron chi connectivity index (χ2n) is 4.24. The van der Waals surface area contributed by atoms with E-state index in [-0.39, 0.29) is 6.54 Å². The Morgan fingerprint density at radius 1 is 1.35 bits per heavy atom. The highest BCUT2D eigenvalue weighted by molar-refractivity contribution is 7.92. The van der Waals surface area contributed by atoms with E-state index in [1.54, 1.807) is 48.4 Å². The van der Waals surface area contributed by atoms with Crippen molar-refractivity contribution in [2.75, 3.05) is 0 Å². The van der Waals surface area contributed by atoms with Crippen molar-refractivity contribution in [3.05, 3.63) is 58.2 Å². The second-order valence-corrected chi connectivity index (χ2v) is 6.33. The summed E-state index contributed by atoms with van der Waals surface area (Å²) in [4.78, 5) is 0. The van der Waals surface area contributed by atoms with E-state index < -0.39 is 10.0 Å². The fourth-order valence-electron chi connectivity index (χ4n) is 1.54. The molecule has 0 amide bonds. The summed E-state index contributed by atoms with van der Waals surface area (Å²) in [5, 5.41) is 5.71. The summed E-state index contributed by atoms with van der Waals surface area (Å²) in [5.41, 5.74) is 1.57. The maximum Gasteiger partial charge on any atom is 0.234 e. The predicted molar refractivity (Wildman–Crippen MR) is 79.5 cm³/mol. The van der Waals surface area contributed by atoms with E-state index in [1.807, 2.05) is 0 Å². The molecular weight excluding hydrogens is 298 g/mol. The van der Waals surface area contributed by atoms with Crippen molar-refractivity contribution in [3.63, 3.8) is 0 Å². The molecule has 0 saturated heterocycles. The summed E-state index contributed by atoms with van der Waals surface area (Å²) in [5.74, 6) is 0. The molecule has 1 heterocycles. The molecule has 0 aliphatic heterocycles. The van der Waals surface area contributed by atoms with Crippen molar-refractivity contribution < 1.29 is 8.42 Å². The zero-order chi connectivity index (χ0) is 14.6. The van der Waals surface area contributed by atoms with Crippen LogP contribution < -0.4 is 4.72 Å². The molecular formula is C13H14ClN3O2S. The molecule has 1 N–H and O–H groups in total. The van der Waals surface area contributed by atoms with Gasteiger partial charge in [0.2, 0.25) is 10.0 Å². The number of aromatic nitrogens is 2. The normalized spacial score (nSPS) is 12.1. The Morgan fingerprint density at radius 3 is 2.65 bits per heavy atom. The quantitative estimate of drug-likeness (QED) is 0.920. The van der Waals surface area contributed by atoms with Crippen molar-refractivity contribution in [3.8, 4) is 0 Å². The van der Waals surface area contributed by atoms with Gasteiger partial charge >= 0.3 is 0 Å². The minimum absolute atomic E-state index is 0.209. The zero-order valence-electron chi connectivity index (χ0n) is 10.8. The lowest BCUT2D eigenvalue weighted by molar-refractivity contribution is 0.590. The molecule has 0 radical (unpaired) electrons. The first-order valence-corrected chi connectivity index (χ1v) is 7.78. The summed E-state index contributed by atoms with van der Waals surface area (Å²) < 4.78 is 27.7. The van der Waals surface area contributed by atoms with Crippen LogP contribution in [0.1, 0.15) is 11.1 Å². The first-order chi connectivity index (χ1) is 9.44. The SMILES string of the molecule is Cn1cc(CNS(=O)(=O)/C=C/c2ccc(Cl)cc2)cn1. The molecule has 0 atom stereocenters. The van der Waals surface area contributed by atoms with Gasteiger partial charge in [-0.15, -0.1) is 0 Å². The van der Waals surface area contributed by atoms with Crippen LogP contribution in [0.15, 0.2) is 42.1 Å². The van der Waals surface area contributed by atoms with Gasteiger partial charge in [0.25, 0.3) is 0 Å². The highest BCUT2D eigenvalue weighted by atomic mass is 35.5. The Balaban J connectivity index is 1.98. The smallest absolute Gasteiger partial charge is 0.234 e. The lowest BCUT2D eigenvalue weighted by Gasteiger charge is -2.00. The van der Waals surface area contributed by atoms with Crippen LogP contribution in [0.2, 0.25) is 5.02 Å². The van der Waals surface area contributed by atoms with E-state index in [2.05, 4.69) is 9.82 Å². The van der Waals surface area contributed by atoms with E-state index in [1.165, 1.54) is 6.08 Å². The van der Waals surface area contributed by atoms with Crippen LogP contribution in [-0.4, -0.2) is 18.2 Å². The van der Waals surface area contributed by atoms with Gasteiger partial charge in [-0.2, -0.15) is 5.10 Å². The van der Waals surface area contributed by atoms with Gasteiger partial charge in [-0.3, -0.25) is 4.68 Å². The zero-order valence-corrected chi connectivity index (χ0v) is 12.4. The molecule has 0 saturated carbocycles. The maximum atomic E-state index is 11.8. The van der Waals surface area contributed by atoms with Crippen molar-refractivity contribution in [2.24, 2.45) is 7.05 Å². The van der Waals surface area contributed by atoms with E-state index in [0.29, 0.717) is 5.02 Å². The molecule has 0 aliphatic rings. The number of sulfonamides is 1. The van der Waals surface area contributed by atoms with Crippen LogP contribution in [0.5, 0.6) is 0 Å². The number of rotatable bonds is 5. The Bertz CT molecular complexity index is 705. The molecule has 20 heavy (non-hydrogen) atoms. The Labute approximate surface area is 122 Å². The standard InChI is InChI=1S/C13H14ClN3O2S/c1-17-10-12(8-15-17)9-16-20(18,19)7-6-11-2-4-13(14)5-3-11/h2-8,10,16H,9H2,1H3/b7-6+. The van der Waals surface area contributed by atoms with Gasteiger partial charge in [-0.1, -0.05) is 23.7 Å². The van der Waals surface area contributed by atoms with Gasteiger partial charge in [0.15, 0.2) is 0 Å². The lowest BCUT2D eigenvalue weighted by atomic mass is 10.2. The Kier molecular flexibility index (Phi) is 4.59. The maximum absolute atomic E-state index is 11.8. The molecule has 7 heteroatoms. The average Bonchev–Trinajstić information content (AvgIpc) is 2.82. The van der Waals surface area contributed by atoms with Crippen molar-refractivity contribution in [1.82, 2.24) is 14.5 Å². The highest BCUT2D eigenvalue weighted by Gasteiger charge is 2.05. The Hall–Kier alpha value is -1.63. The summed E-state index contributed by atoms with van der Waals surface area (Å²) in [6.07, 6.45) is 4.89. The molecule has 2 aromatic rings. The molecule has 0 bridgehead atoms. The number of benzene rings is 1. The molecule has 0 spiro atoms. The topological polar surface area (TPSA) is 64.0 Å². The molecule has 0 aliphatic carbocycles. The summed E-state index contributed by atoms with van der Waals surface area (Å²) in [6.45, 7) is 0.209. The van der Waals surface area contributed by atoms with Crippen LogP contribution in [0.25, 0.3) is 6.08 Å². The number of halogens is 1. The summed E-state index contributed by atoms with van der Waals surface area (Å²) >= 11 is 5.76. The number of hydrogen-bond acceptors (Lipinski definition) is 3. The van der Waals surface area contributed by atoms with Crippen LogP contribution in [-0.2, 0) is 23.6 Å². The van der Waals surface area contributed by atoms with Crippen LogP contribution in [0.4, 0.5) is 0 Å². The monoisotopic (exact) mass is 311 g/mol. The van der Waals surface area contributed by atoms with Gasteiger partial charge in [-0.05, 0) is 23.8 Å². The van der Waals surface area contributed by atoms with E-state index in [9.17, 15) is 8.42 Å². The average molecular weight is 312 g/mol. The Morgan fingerprint density at radius 2 is 2.05 bits per heavy atom. The van der Waals surface area contributed by atoms with Crippen molar-refractivity contribution in [1.29, 1.82) is 0 Å². The molecule has 0 fully saturated rings. The summed E-state index contributed by atoms with van der Waals surface area (Å²) in [6, 6.07) is 6.90. The van der Waals surface area contributed by atoms with E-state index in [4.69, 9.17) is 11.6 Å². The van der Waals surface area contributed by atoms with Gasteiger partial charge in [0.05, 0.1) is 6.20 Å². The third kappa shape index (κ3) is 4.48. The molecule has 5 nitrogen and oxygen atoms in total. The first kappa shape index (κ1) is 14.8. The largest absolute Gasteiger partial charge is 0.275 e. The highest BCUT2D eigenvalue weighted by Crippen LogP contribution is 2.11. The van der Waals surface area contributed by atoms with E-state index in [0.717, 1.165) is 16.5 Å². The molecule has 106 valence electrons. The van der Waals surface area contributed by atoms with Crippen molar-refractivity contribution in [2.45, 2.75) is 6.54 Å². The van der Waals surface area contributed by atoms with Crippen LogP contribution in [0.3, 0.4) is 0 Å². The molecule has 1 aromatic heterocycles. The van der Waals surface area contributed by atoms with Gasteiger partial charge in [-0.25, -0.2) is 13.1 Å². The second kappa shape index (κ2) is 6.21. The minimum atomic E-state index is -3.48.